The molecule has 4 rings (SSSR count). The van der Waals surface area contributed by atoms with Crippen molar-refractivity contribution in [2.75, 3.05) is 0 Å². The molecule has 0 aromatic carbocycles. The van der Waals surface area contributed by atoms with Gasteiger partial charge in [-0.3, -0.25) is 4.79 Å². The summed E-state index contributed by atoms with van der Waals surface area (Å²) in [6.45, 7) is 6.71. The van der Waals surface area contributed by atoms with Crippen molar-refractivity contribution >= 4 is 5.78 Å². The second-order valence-corrected chi connectivity index (χ2v) is 9.90. The van der Waals surface area contributed by atoms with Crippen molar-refractivity contribution in [3.8, 4) is 0 Å². The van der Waals surface area contributed by atoms with Crippen LogP contribution in [-0.2, 0) is 4.79 Å². The van der Waals surface area contributed by atoms with Gasteiger partial charge in [-0.25, -0.2) is 0 Å². The Hall–Kier alpha value is -0.410. The molecular formula is C21H34O3. The molecule has 2 N–H and O–H groups in total. The number of fused-ring (bicyclic) bond motifs is 5. The van der Waals surface area contributed by atoms with Gasteiger partial charge >= 0.3 is 0 Å². The van der Waals surface area contributed by atoms with Crippen molar-refractivity contribution < 1.29 is 15.0 Å². The third kappa shape index (κ3) is 2.00. The van der Waals surface area contributed by atoms with Gasteiger partial charge in [0.25, 0.3) is 0 Å². The standard InChI is InChI=1S/C21H34O3/c1-4-13-6-5-9-19(2)15-7-10-20(3)16(8-11-21(20,23)24)14(15)12-17(22)18(13)19/h13-16,18,23-24H,4-12H2,1-3H3/t13?,14-,15-,16+,18?,19-,20+/m1/s1. The molecule has 0 heterocycles. The summed E-state index contributed by atoms with van der Waals surface area (Å²) < 4.78 is 0. The zero-order valence-corrected chi connectivity index (χ0v) is 15.6. The van der Waals surface area contributed by atoms with Crippen LogP contribution >= 0.6 is 0 Å². The minimum absolute atomic E-state index is 0.149. The minimum Gasteiger partial charge on any atom is -0.365 e. The first-order valence-corrected chi connectivity index (χ1v) is 10.2. The Balaban J connectivity index is 1.70. The lowest BCUT2D eigenvalue weighted by atomic mass is 9.43. The second-order valence-electron chi connectivity index (χ2n) is 9.90. The molecule has 4 aliphatic carbocycles. The van der Waals surface area contributed by atoms with E-state index in [0.717, 1.165) is 25.7 Å². The fraction of sp³-hybridized carbons (Fsp3) is 0.952. The summed E-state index contributed by atoms with van der Waals surface area (Å²) in [5.74, 6) is 1.05. The molecule has 0 aromatic rings. The van der Waals surface area contributed by atoms with Crippen LogP contribution in [0.3, 0.4) is 0 Å². The highest BCUT2D eigenvalue weighted by Gasteiger charge is 2.66. The molecule has 0 saturated heterocycles. The van der Waals surface area contributed by atoms with Gasteiger partial charge in [0.1, 0.15) is 5.78 Å². The van der Waals surface area contributed by atoms with Gasteiger partial charge in [-0.1, -0.05) is 33.6 Å². The molecule has 3 heteroatoms. The van der Waals surface area contributed by atoms with Gasteiger partial charge in [0, 0.05) is 24.2 Å². The van der Waals surface area contributed by atoms with E-state index in [2.05, 4.69) is 20.8 Å². The fourth-order valence-corrected chi connectivity index (χ4v) is 7.83. The molecule has 2 unspecified atom stereocenters. The van der Waals surface area contributed by atoms with Crippen molar-refractivity contribution in [2.45, 2.75) is 84.3 Å². The molecule has 4 fully saturated rings. The van der Waals surface area contributed by atoms with Gasteiger partial charge in [-0.2, -0.15) is 0 Å². The maximum absolute atomic E-state index is 13.2. The highest BCUT2D eigenvalue weighted by molar-refractivity contribution is 5.83. The number of carbonyl (C=O) groups is 1. The molecule has 0 radical (unpaired) electrons. The average Bonchev–Trinajstić information content (AvgIpc) is 2.77. The number of aliphatic hydroxyl groups is 2. The molecule has 3 nitrogen and oxygen atoms in total. The number of Topliss-reactive ketones (excluding diaryl/α,β-unsaturated/α-hetero) is 1. The topological polar surface area (TPSA) is 57.5 Å². The first-order chi connectivity index (χ1) is 11.2. The van der Waals surface area contributed by atoms with Crippen LogP contribution in [0.25, 0.3) is 0 Å². The molecule has 0 bridgehead atoms. The van der Waals surface area contributed by atoms with Gasteiger partial charge < -0.3 is 10.2 Å². The van der Waals surface area contributed by atoms with Crippen LogP contribution in [0.15, 0.2) is 0 Å². The van der Waals surface area contributed by atoms with Crippen LogP contribution in [0.1, 0.15) is 78.6 Å². The van der Waals surface area contributed by atoms with Crippen molar-refractivity contribution in [1.82, 2.24) is 0 Å². The lowest BCUT2D eigenvalue weighted by Gasteiger charge is -2.61. The van der Waals surface area contributed by atoms with E-state index in [1.54, 1.807) is 0 Å². The van der Waals surface area contributed by atoms with Gasteiger partial charge in [-0.05, 0) is 61.2 Å². The number of rotatable bonds is 1. The van der Waals surface area contributed by atoms with Crippen LogP contribution in [0.4, 0.5) is 0 Å². The lowest BCUT2D eigenvalue weighted by molar-refractivity contribution is -0.251. The molecule has 24 heavy (non-hydrogen) atoms. The van der Waals surface area contributed by atoms with Crippen LogP contribution < -0.4 is 0 Å². The number of hydrogen-bond donors (Lipinski definition) is 2. The minimum atomic E-state index is -1.54. The fourth-order valence-electron chi connectivity index (χ4n) is 7.83. The lowest BCUT2D eigenvalue weighted by Crippen LogP contribution is -2.59. The summed E-state index contributed by atoms with van der Waals surface area (Å²) in [5.41, 5.74) is -0.271. The Labute approximate surface area is 146 Å². The second kappa shape index (κ2) is 5.30. The predicted octanol–water partition coefficient (Wildman–Crippen LogP) is 3.92. The molecule has 0 aliphatic heterocycles. The smallest absolute Gasteiger partial charge is 0.168 e. The van der Waals surface area contributed by atoms with Crippen LogP contribution in [-0.4, -0.2) is 21.8 Å². The molecule has 136 valence electrons. The number of carbonyl (C=O) groups excluding carboxylic acids is 1. The molecule has 7 atom stereocenters. The Kier molecular flexibility index (Phi) is 3.76. The average molecular weight is 335 g/mol. The van der Waals surface area contributed by atoms with E-state index in [-0.39, 0.29) is 11.3 Å². The van der Waals surface area contributed by atoms with Crippen molar-refractivity contribution in [2.24, 2.45) is 40.4 Å². The van der Waals surface area contributed by atoms with Gasteiger partial charge in [0.2, 0.25) is 0 Å². The summed E-state index contributed by atoms with van der Waals surface area (Å²) in [7, 11) is 0. The molecule has 4 aliphatic rings. The van der Waals surface area contributed by atoms with E-state index < -0.39 is 11.2 Å². The van der Waals surface area contributed by atoms with E-state index in [0.29, 0.717) is 42.3 Å². The Bertz CT molecular complexity index is 541. The SMILES string of the molecule is CCC1CCC[C@@]2(C)C1C(=O)C[C@@H]1[C@H]2CC[C@@]2(C)[C@H]1CCC2(O)O. The molecule has 0 spiro atoms. The highest BCUT2D eigenvalue weighted by atomic mass is 16.5. The van der Waals surface area contributed by atoms with Crippen molar-refractivity contribution in [3.63, 3.8) is 0 Å². The molecular weight excluding hydrogens is 300 g/mol. The van der Waals surface area contributed by atoms with Gasteiger partial charge in [-0.15, -0.1) is 0 Å². The van der Waals surface area contributed by atoms with E-state index in [4.69, 9.17) is 0 Å². The summed E-state index contributed by atoms with van der Waals surface area (Å²) in [6, 6.07) is 0. The Morgan fingerprint density at radius 1 is 1.04 bits per heavy atom. The summed E-state index contributed by atoms with van der Waals surface area (Å²) in [5, 5.41) is 21.1. The quantitative estimate of drug-likeness (QED) is 0.715. The maximum atomic E-state index is 13.2. The molecule has 0 aromatic heterocycles. The third-order valence-corrected chi connectivity index (χ3v) is 9.17. The Morgan fingerprint density at radius 3 is 2.46 bits per heavy atom. The normalized spacial score (nSPS) is 53.2. The van der Waals surface area contributed by atoms with Crippen LogP contribution in [0.2, 0.25) is 0 Å². The maximum Gasteiger partial charge on any atom is 0.168 e. The van der Waals surface area contributed by atoms with Crippen LogP contribution in [0.5, 0.6) is 0 Å². The highest BCUT2D eigenvalue weighted by Crippen LogP contribution is 2.67. The number of hydrogen-bond acceptors (Lipinski definition) is 3. The van der Waals surface area contributed by atoms with E-state index in [9.17, 15) is 15.0 Å². The predicted molar refractivity (Wildman–Crippen MR) is 93.1 cm³/mol. The van der Waals surface area contributed by atoms with Crippen molar-refractivity contribution in [3.05, 3.63) is 0 Å². The van der Waals surface area contributed by atoms with E-state index in [1.165, 1.54) is 19.3 Å². The third-order valence-electron chi connectivity index (χ3n) is 9.17. The first kappa shape index (κ1) is 17.0. The van der Waals surface area contributed by atoms with Gasteiger partial charge in [0.15, 0.2) is 5.79 Å². The first-order valence-electron chi connectivity index (χ1n) is 10.2. The summed E-state index contributed by atoms with van der Waals surface area (Å²) >= 11 is 0. The monoisotopic (exact) mass is 334 g/mol. The van der Waals surface area contributed by atoms with E-state index in [1.807, 2.05) is 0 Å². The van der Waals surface area contributed by atoms with Gasteiger partial charge in [0.05, 0.1) is 0 Å². The largest absolute Gasteiger partial charge is 0.365 e. The Morgan fingerprint density at radius 2 is 1.75 bits per heavy atom. The van der Waals surface area contributed by atoms with E-state index >= 15 is 0 Å². The van der Waals surface area contributed by atoms with Crippen LogP contribution in [0, 0.1) is 40.4 Å². The zero-order chi connectivity index (χ0) is 17.3. The van der Waals surface area contributed by atoms with Crippen molar-refractivity contribution in [1.29, 1.82) is 0 Å². The zero-order valence-electron chi connectivity index (χ0n) is 15.6. The summed E-state index contributed by atoms with van der Waals surface area (Å²) in [4.78, 5) is 13.2. The number of ketones is 1. The summed E-state index contributed by atoms with van der Waals surface area (Å²) in [6.07, 6.45) is 8.80. The molecule has 0 amide bonds. The molecule has 4 saturated carbocycles.